The van der Waals surface area contributed by atoms with Crippen LogP contribution in [0.4, 0.5) is 5.69 Å². The lowest BCUT2D eigenvalue weighted by Crippen LogP contribution is -2.43. The Morgan fingerprint density at radius 3 is 2.94 bits per heavy atom. The van der Waals surface area contributed by atoms with Gasteiger partial charge in [0.2, 0.25) is 5.91 Å². The highest BCUT2D eigenvalue weighted by Gasteiger charge is 2.23. The second-order valence-corrected chi connectivity index (χ2v) is 9.95. The molecule has 2 aliphatic rings. The van der Waals surface area contributed by atoms with E-state index >= 15 is 0 Å². The predicted molar refractivity (Wildman–Crippen MR) is 135 cm³/mol. The van der Waals surface area contributed by atoms with Crippen LogP contribution in [-0.4, -0.2) is 59.4 Å². The minimum absolute atomic E-state index is 0.0658. The molecule has 0 bridgehead atoms. The van der Waals surface area contributed by atoms with Crippen LogP contribution in [0.25, 0.3) is 10.9 Å². The van der Waals surface area contributed by atoms with Crippen LogP contribution in [0, 0.1) is 0 Å². The number of likely N-dealkylation sites (tertiary alicyclic amines) is 1. The van der Waals surface area contributed by atoms with Crippen molar-refractivity contribution in [2.24, 2.45) is 0 Å². The summed E-state index contributed by atoms with van der Waals surface area (Å²) in [6.07, 6.45) is 3.20. The summed E-state index contributed by atoms with van der Waals surface area (Å²) in [6, 6.07) is 14.6. The van der Waals surface area contributed by atoms with Crippen LogP contribution < -0.4 is 15.4 Å². The van der Waals surface area contributed by atoms with Gasteiger partial charge in [-0.25, -0.2) is 0 Å². The van der Waals surface area contributed by atoms with E-state index in [4.69, 9.17) is 4.74 Å². The van der Waals surface area contributed by atoms with Gasteiger partial charge in [-0.1, -0.05) is 18.2 Å². The first kappa shape index (κ1) is 23.1. The van der Waals surface area contributed by atoms with Crippen LogP contribution >= 0.6 is 11.8 Å². The number of pyridine rings is 1. The van der Waals surface area contributed by atoms with Crippen molar-refractivity contribution < 1.29 is 14.6 Å². The van der Waals surface area contributed by atoms with Crippen LogP contribution in [0.15, 0.2) is 53.6 Å². The number of aliphatic hydroxyl groups excluding tert-OH is 1. The number of piperidine rings is 1. The molecule has 1 unspecified atom stereocenters. The fourth-order valence-corrected chi connectivity index (χ4v) is 5.51. The van der Waals surface area contributed by atoms with Crippen LogP contribution in [0.3, 0.4) is 0 Å². The van der Waals surface area contributed by atoms with Gasteiger partial charge in [0.05, 0.1) is 36.4 Å². The molecule has 1 fully saturated rings. The number of amides is 1. The second kappa shape index (κ2) is 10.3. The van der Waals surface area contributed by atoms with Gasteiger partial charge in [-0.05, 0) is 61.3 Å². The van der Waals surface area contributed by atoms with Gasteiger partial charge in [0.25, 0.3) is 0 Å². The van der Waals surface area contributed by atoms with Gasteiger partial charge in [0, 0.05) is 29.4 Å². The molecule has 3 aromatic rings. The molecule has 1 aromatic heterocycles. The number of β-amino-alcohol motifs (C(OH)–C–C–N with tert-alkyl or cyclic N) is 1. The van der Waals surface area contributed by atoms with E-state index in [-0.39, 0.29) is 5.91 Å². The lowest BCUT2D eigenvalue weighted by molar-refractivity contribution is -0.113. The first-order valence-corrected chi connectivity index (χ1v) is 12.7. The van der Waals surface area contributed by atoms with E-state index < -0.39 is 6.10 Å². The van der Waals surface area contributed by atoms with E-state index in [0.717, 1.165) is 59.5 Å². The zero-order chi connectivity index (χ0) is 23.5. The van der Waals surface area contributed by atoms with Crippen molar-refractivity contribution >= 4 is 34.3 Å². The molecule has 0 radical (unpaired) electrons. The Morgan fingerprint density at radius 1 is 1.26 bits per heavy atom. The number of fused-ring (bicyclic) bond motifs is 2. The van der Waals surface area contributed by atoms with Gasteiger partial charge in [-0.15, -0.1) is 11.8 Å². The standard InChI is InChI=1S/C26H30N4O3S/c1-33-19-12-21-20(3-2-4-22(21)28-14-19)24(31)15-30-9-7-18(8-10-30)27-13-17-5-6-25-23(11-17)29-26(32)16-34-25/h2-6,11-12,14,18,24,27,31H,7-10,13,15-16H2,1H3,(H,29,32). The average Bonchev–Trinajstić information content (AvgIpc) is 2.87. The zero-order valence-corrected chi connectivity index (χ0v) is 20.1. The molecule has 178 valence electrons. The Kier molecular flexibility index (Phi) is 7.01. The van der Waals surface area contributed by atoms with Crippen molar-refractivity contribution in [3.8, 4) is 5.75 Å². The third-order valence-corrected chi connectivity index (χ3v) is 7.69. The molecule has 34 heavy (non-hydrogen) atoms. The number of methoxy groups -OCH3 is 1. The Hall–Kier alpha value is -2.65. The van der Waals surface area contributed by atoms with Crippen LogP contribution in [-0.2, 0) is 11.3 Å². The molecule has 2 aliphatic heterocycles. The fourth-order valence-electron chi connectivity index (χ4n) is 4.72. The molecule has 1 amide bonds. The number of benzene rings is 2. The second-order valence-electron chi connectivity index (χ2n) is 8.93. The molecule has 3 heterocycles. The molecule has 1 atom stereocenters. The summed E-state index contributed by atoms with van der Waals surface area (Å²) >= 11 is 1.59. The van der Waals surface area contributed by atoms with E-state index in [1.165, 1.54) is 5.56 Å². The number of anilines is 1. The van der Waals surface area contributed by atoms with E-state index in [1.54, 1.807) is 25.1 Å². The minimum Gasteiger partial charge on any atom is -0.495 e. The molecule has 1 saturated heterocycles. The topological polar surface area (TPSA) is 86.7 Å². The molecule has 5 rings (SSSR count). The largest absolute Gasteiger partial charge is 0.495 e. The molecular weight excluding hydrogens is 448 g/mol. The maximum atomic E-state index is 11.7. The number of rotatable bonds is 7. The summed E-state index contributed by atoms with van der Waals surface area (Å²) in [7, 11) is 1.63. The van der Waals surface area contributed by atoms with Gasteiger partial charge in [0.15, 0.2) is 0 Å². The van der Waals surface area contributed by atoms with Gasteiger partial charge in [-0.3, -0.25) is 9.78 Å². The third-order valence-electron chi connectivity index (χ3n) is 6.62. The number of hydrogen-bond donors (Lipinski definition) is 3. The van der Waals surface area contributed by atoms with Crippen molar-refractivity contribution in [3.05, 3.63) is 59.8 Å². The molecular formula is C26H30N4O3S. The number of hydrogen-bond acceptors (Lipinski definition) is 7. The van der Waals surface area contributed by atoms with Crippen molar-refractivity contribution in [2.75, 3.05) is 37.8 Å². The van der Waals surface area contributed by atoms with Gasteiger partial charge in [0.1, 0.15) is 5.75 Å². The van der Waals surface area contributed by atoms with Crippen LogP contribution in [0.5, 0.6) is 5.75 Å². The van der Waals surface area contributed by atoms with E-state index in [0.29, 0.717) is 24.1 Å². The first-order chi connectivity index (χ1) is 16.6. The summed E-state index contributed by atoms with van der Waals surface area (Å²) in [6.45, 7) is 3.27. The highest BCUT2D eigenvalue weighted by atomic mass is 32.2. The Bertz CT molecular complexity index is 1180. The van der Waals surface area contributed by atoms with E-state index in [9.17, 15) is 9.90 Å². The average molecular weight is 479 g/mol. The lowest BCUT2D eigenvalue weighted by Gasteiger charge is -2.34. The maximum Gasteiger partial charge on any atom is 0.234 e. The van der Waals surface area contributed by atoms with Crippen molar-refractivity contribution in [1.82, 2.24) is 15.2 Å². The third kappa shape index (κ3) is 5.20. The molecule has 8 heteroatoms. The molecule has 0 spiro atoms. The molecule has 0 aliphatic carbocycles. The zero-order valence-electron chi connectivity index (χ0n) is 19.3. The number of carbonyl (C=O) groups is 1. The Morgan fingerprint density at radius 2 is 2.12 bits per heavy atom. The monoisotopic (exact) mass is 478 g/mol. The van der Waals surface area contributed by atoms with Crippen molar-refractivity contribution in [2.45, 2.75) is 36.4 Å². The number of nitrogens with one attached hydrogen (secondary N) is 2. The maximum absolute atomic E-state index is 11.7. The Balaban J connectivity index is 1.14. The van der Waals surface area contributed by atoms with Crippen LogP contribution in [0.2, 0.25) is 0 Å². The first-order valence-electron chi connectivity index (χ1n) is 11.7. The normalized spacial score (nSPS) is 17.9. The summed E-state index contributed by atoms with van der Waals surface area (Å²) in [5.41, 5.74) is 3.85. The number of aromatic nitrogens is 1. The fraction of sp³-hybridized carbons (Fsp3) is 0.385. The highest BCUT2D eigenvalue weighted by molar-refractivity contribution is 8.00. The summed E-state index contributed by atoms with van der Waals surface area (Å²) < 4.78 is 5.32. The van der Waals surface area contributed by atoms with E-state index in [1.807, 2.05) is 24.3 Å². The van der Waals surface area contributed by atoms with Gasteiger partial charge < -0.3 is 25.4 Å². The SMILES string of the molecule is COc1cnc2cccc(C(O)CN3CCC(NCc4ccc5c(c4)NC(=O)CS5)CC3)c2c1. The smallest absolute Gasteiger partial charge is 0.234 e. The van der Waals surface area contributed by atoms with Crippen LogP contribution in [0.1, 0.15) is 30.1 Å². The van der Waals surface area contributed by atoms with Crippen molar-refractivity contribution in [3.63, 3.8) is 0 Å². The number of ether oxygens (including phenoxy) is 1. The quantitative estimate of drug-likeness (QED) is 0.479. The minimum atomic E-state index is -0.578. The van der Waals surface area contributed by atoms with Gasteiger partial charge in [-0.2, -0.15) is 0 Å². The summed E-state index contributed by atoms with van der Waals surface area (Å²) in [5, 5.41) is 18.6. The molecule has 7 nitrogen and oxygen atoms in total. The van der Waals surface area contributed by atoms with E-state index in [2.05, 4.69) is 38.7 Å². The summed E-state index contributed by atoms with van der Waals surface area (Å²) in [4.78, 5) is 19.6. The number of nitrogens with zero attached hydrogens (tertiary/aromatic N) is 2. The summed E-state index contributed by atoms with van der Waals surface area (Å²) in [5.74, 6) is 1.25. The van der Waals surface area contributed by atoms with Gasteiger partial charge >= 0.3 is 0 Å². The highest BCUT2D eigenvalue weighted by Crippen LogP contribution is 2.32. The molecule has 3 N–H and O–H groups in total. The molecule has 0 saturated carbocycles. The number of aliphatic hydroxyl groups is 1. The molecule has 2 aromatic carbocycles. The predicted octanol–water partition coefficient (Wildman–Crippen LogP) is 3.58. The Labute approximate surface area is 203 Å². The van der Waals surface area contributed by atoms with Crippen molar-refractivity contribution in [1.29, 1.82) is 0 Å². The lowest BCUT2D eigenvalue weighted by atomic mass is 10.0. The number of thioether (sulfide) groups is 1. The number of carbonyl (C=O) groups excluding carboxylic acids is 1.